The van der Waals surface area contributed by atoms with Gasteiger partial charge in [0.1, 0.15) is 0 Å². The largest absolute Gasteiger partial charge is 0.295 e. The van der Waals surface area contributed by atoms with Crippen molar-refractivity contribution in [2.45, 2.75) is 18.7 Å². The molecule has 2 aromatic carbocycles. The molecule has 0 amide bonds. The van der Waals surface area contributed by atoms with Gasteiger partial charge < -0.3 is 0 Å². The van der Waals surface area contributed by atoms with Crippen LogP contribution in [-0.2, 0) is 10.0 Å². The number of carbonyl (C=O) groups excluding carboxylic acids is 1. The molecular weight excluding hydrogens is 274 g/mol. The monoisotopic (exact) mass is 289 g/mol. The second kappa shape index (κ2) is 5.46. The van der Waals surface area contributed by atoms with Gasteiger partial charge in [0.25, 0.3) is 10.0 Å². The number of nitrogens with one attached hydrogen (secondary N) is 1. The van der Waals surface area contributed by atoms with Crippen molar-refractivity contribution < 1.29 is 13.2 Å². The highest BCUT2D eigenvalue weighted by atomic mass is 32.2. The standard InChI is InChI=1S/C15H15NO3S/c1-11-5-3-8-15(9-11)20(18,19)16-14-7-4-6-13(10-14)12(2)17/h3-10,16H,1-2H3. The van der Waals surface area contributed by atoms with Gasteiger partial charge >= 0.3 is 0 Å². The molecule has 0 aliphatic heterocycles. The number of anilines is 1. The summed E-state index contributed by atoms with van der Waals surface area (Å²) in [5, 5.41) is 0. The van der Waals surface area contributed by atoms with Gasteiger partial charge in [-0.15, -0.1) is 0 Å². The zero-order valence-electron chi connectivity index (χ0n) is 11.3. The Morgan fingerprint density at radius 3 is 2.40 bits per heavy atom. The van der Waals surface area contributed by atoms with Crippen molar-refractivity contribution in [3.63, 3.8) is 0 Å². The van der Waals surface area contributed by atoms with Crippen LogP contribution >= 0.6 is 0 Å². The molecule has 0 unspecified atom stereocenters. The van der Waals surface area contributed by atoms with Crippen molar-refractivity contribution in [3.8, 4) is 0 Å². The minimum Gasteiger partial charge on any atom is -0.295 e. The first kappa shape index (κ1) is 14.3. The normalized spacial score (nSPS) is 11.1. The number of Topliss-reactive ketones (excluding diaryl/α,β-unsaturated/α-hetero) is 1. The molecule has 0 heterocycles. The van der Waals surface area contributed by atoms with E-state index in [1.165, 1.54) is 19.1 Å². The summed E-state index contributed by atoms with van der Waals surface area (Å²) in [6, 6.07) is 13.1. The molecule has 0 saturated heterocycles. The Labute approximate surface area is 118 Å². The molecule has 0 radical (unpaired) electrons. The summed E-state index contributed by atoms with van der Waals surface area (Å²) in [6.45, 7) is 3.27. The molecule has 0 spiro atoms. The smallest absolute Gasteiger partial charge is 0.261 e. The Morgan fingerprint density at radius 2 is 1.75 bits per heavy atom. The maximum Gasteiger partial charge on any atom is 0.261 e. The lowest BCUT2D eigenvalue weighted by atomic mass is 10.1. The second-order valence-corrected chi connectivity index (χ2v) is 6.24. The van der Waals surface area contributed by atoms with Crippen LogP contribution in [-0.4, -0.2) is 14.2 Å². The van der Waals surface area contributed by atoms with Crippen molar-refractivity contribution in [2.24, 2.45) is 0 Å². The van der Waals surface area contributed by atoms with Crippen LogP contribution in [0.25, 0.3) is 0 Å². The first-order chi connectivity index (χ1) is 9.38. The van der Waals surface area contributed by atoms with Crippen LogP contribution < -0.4 is 4.72 Å². The number of carbonyl (C=O) groups is 1. The fourth-order valence-electron chi connectivity index (χ4n) is 1.80. The third-order valence-corrected chi connectivity index (χ3v) is 4.20. The highest BCUT2D eigenvalue weighted by Crippen LogP contribution is 2.18. The van der Waals surface area contributed by atoms with Crippen LogP contribution in [0.2, 0.25) is 0 Å². The van der Waals surface area contributed by atoms with Gasteiger partial charge in [0.15, 0.2) is 5.78 Å². The maximum atomic E-state index is 12.2. The van der Waals surface area contributed by atoms with Gasteiger partial charge in [0, 0.05) is 11.3 Å². The maximum absolute atomic E-state index is 12.2. The van der Waals surface area contributed by atoms with Crippen LogP contribution in [0.15, 0.2) is 53.4 Å². The Morgan fingerprint density at radius 1 is 1.05 bits per heavy atom. The molecule has 0 saturated carbocycles. The van der Waals surface area contributed by atoms with Crippen molar-refractivity contribution >= 4 is 21.5 Å². The molecule has 0 bridgehead atoms. The number of benzene rings is 2. The predicted octanol–water partition coefficient (Wildman–Crippen LogP) is 3.00. The van der Waals surface area contributed by atoms with E-state index in [4.69, 9.17) is 0 Å². The third-order valence-electron chi connectivity index (χ3n) is 2.82. The van der Waals surface area contributed by atoms with Gasteiger partial charge in [-0.05, 0) is 43.7 Å². The molecule has 1 N–H and O–H groups in total. The number of hydrogen-bond acceptors (Lipinski definition) is 3. The fraction of sp³-hybridized carbons (Fsp3) is 0.133. The summed E-state index contributed by atoms with van der Waals surface area (Å²) in [5.41, 5.74) is 1.71. The van der Waals surface area contributed by atoms with Crippen LogP contribution in [0.4, 0.5) is 5.69 Å². The molecule has 0 aliphatic carbocycles. The number of hydrogen-bond donors (Lipinski definition) is 1. The van der Waals surface area contributed by atoms with Gasteiger partial charge in [0.05, 0.1) is 4.90 Å². The summed E-state index contributed by atoms with van der Waals surface area (Å²) < 4.78 is 27.0. The van der Waals surface area contributed by atoms with Crippen molar-refractivity contribution in [1.82, 2.24) is 0 Å². The van der Waals surface area contributed by atoms with Crippen LogP contribution in [0.1, 0.15) is 22.8 Å². The number of aryl methyl sites for hydroxylation is 1. The molecule has 0 fully saturated rings. The minimum atomic E-state index is -3.64. The molecule has 2 aromatic rings. The van der Waals surface area contributed by atoms with E-state index in [0.29, 0.717) is 11.3 Å². The predicted molar refractivity (Wildman–Crippen MR) is 78.4 cm³/mol. The summed E-state index contributed by atoms with van der Waals surface area (Å²) >= 11 is 0. The lowest BCUT2D eigenvalue weighted by molar-refractivity contribution is 0.101. The number of sulfonamides is 1. The van der Waals surface area contributed by atoms with E-state index in [2.05, 4.69) is 4.72 Å². The van der Waals surface area contributed by atoms with Gasteiger partial charge in [-0.25, -0.2) is 8.42 Å². The van der Waals surface area contributed by atoms with E-state index in [1.807, 2.05) is 13.0 Å². The molecular formula is C15H15NO3S. The molecule has 0 aliphatic rings. The van der Waals surface area contributed by atoms with E-state index < -0.39 is 10.0 Å². The van der Waals surface area contributed by atoms with Crippen LogP contribution in [0.3, 0.4) is 0 Å². The molecule has 0 aromatic heterocycles. The SMILES string of the molecule is CC(=O)c1cccc(NS(=O)(=O)c2cccc(C)c2)c1. The topological polar surface area (TPSA) is 63.2 Å². The zero-order valence-corrected chi connectivity index (χ0v) is 12.1. The van der Waals surface area contributed by atoms with Gasteiger partial charge in [-0.2, -0.15) is 0 Å². The lowest BCUT2D eigenvalue weighted by Gasteiger charge is -2.09. The van der Waals surface area contributed by atoms with E-state index in [9.17, 15) is 13.2 Å². The molecule has 104 valence electrons. The van der Waals surface area contributed by atoms with Crippen molar-refractivity contribution in [3.05, 3.63) is 59.7 Å². The first-order valence-electron chi connectivity index (χ1n) is 6.09. The summed E-state index contributed by atoms with van der Waals surface area (Å²) in [4.78, 5) is 11.5. The molecule has 4 nitrogen and oxygen atoms in total. The summed E-state index contributed by atoms with van der Waals surface area (Å²) in [7, 11) is -3.64. The van der Waals surface area contributed by atoms with E-state index in [1.54, 1.807) is 30.3 Å². The Kier molecular flexibility index (Phi) is 3.90. The number of rotatable bonds is 4. The molecule has 20 heavy (non-hydrogen) atoms. The highest BCUT2D eigenvalue weighted by molar-refractivity contribution is 7.92. The highest BCUT2D eigenvalue weighted by Gasteiger charge is 2.14. The fourth-order valence-corrected chi connectivity index (χ4v) is 2.95. The van der Waals surface area contributed by atoms with E-state index in [0.717, 1.165) is 5.56 Å². The van der Waals surface area contributed by atoms with Gasteiger partial charge in [-0.3, -0.25) is 9.52 Å². The molecule has 5 heteroatoms. The van der Waals surface area contributed by atoms with Crippen LogP contribution in [0, 0.1) is 6.92 Å². The second-order valence-electron chi connectivity index (χ2n) is 4.56. The average Bonchev–Trinajstić information content (AvgIpc) is 2.38. The number of ketones is 1. The van der Waals surface area contributed by atoms with Gasteiger partial charge in [0.2, 0.25) is 0 Å². The van der Waals surface area contributed by atoms with E-state index in [-0.39, 0.29) is 10.7 Å². The Hall–Kier alpha value is -2.14. The molecule has 2 rings (SSSR count). The Bertz CT molecular complexity index is 751. The van der Waals surface area contributed by atoms with Crippen LogP contribution in [0.5, 0.6) is 0 Å². The zero-order chi connectivity index (χ0) is 14.8. The average molecular weight is 289 g/mol. The van der Waals surface area contributed by atoms with E-state index >= 15 is 0 Å². The quantitative estimate of drug-likeness (QED) is 0.880. The summed E-state index contributed by atoms with van der Waals surface area (Å²) in [5.74, 6) is -0.110. The van der Waals surface area contributed by atoms with Crippen molar-refractivity contribution in [1.29, 1.82) is 0 Å². The lowest BCUT2D eigenvalue weighted by Crippen LogP contribution is -2.13. The van der Waals surface area contributed by atoms with Gasteiger partial charge in [-0.1, -0.05) is 24.3 Å². The van der Waals surface area contributed by atoms with Crippen molar-refractivity contribution in [2.75, 3.05) is 4.72 Å². The Balaban J connectivity index is 2.33. The molecule has 0 atom stereocenters. The third kappa shape index (κ3) is 3.24. The minimum absolute atomic E-state index is 0.110. The first-order valence-corrected chi connectivity index (χ1v) is 7.57. The summed E-state index contributed by atoms with van der Waals surface area (Å²) in [6.07, 6.45) is 0.